The van der Waals surface area contributed by atoms with Gasteiger partial charge in [0, 0.05) is 35.8 Å². The molecule has 0 heterocycles. The van der Waals surface area contributed by atoms with Crippen LogP contribution in [0.2, 0.25) is 0 Å². The van der Waals surface area contributed by atoms with Crippen molar-refractivity contribution in [2.75, 3.05) is 0 Å². The van der Waals surface area contributed by atoms with Crippen LogP contribution in [0.5, 0.6) is 0 Å². The van der Waals surface area contributed by atoms with Crippen molar-refractivity contribution in [2.45, 2.75) is 41.5 Å². The van der Waals surface area contributed by atoms with Gasteiger partial charge in [0.15, 0.2) is 0 Å². The molecule has 0 atom stereocenters. The van der Waals surface area contributed by atoms with Gasteiger partial charge in [0.25, 0.3) is 0 Å². The maximum Gasteiger partial charge on any atom is 3.00 e. The molecule has 0 saturated heterocycles. The van der Waals surface area contributed by atoms with E-state index in [9.17, 15) is 0 Å². The zero-order valence-corrected chi connectivity index (χ0v) is 18.7. The second-order valence-corrected chi connectivity index (χ2v) is 2.95. The van der Waals surface area contributed by atoms with Gasteiger partial charge < -0.3 is 64.9 Å². The Morgan fingerprint density at radius 2 is 0.370 bits per heavy atom. The van der Waals surface area contributed by atoms with Gasteiger partial charge >= 0.3 is 74.6 Å². The zero-order valence-electron chi connectivity index (χ0n) is 15.0. The molecule has 0 spiro atoms. The summed E-state index contributed by atoms with van der Waals surface area (Å²) >= 11 is 0. The van der Waals surface area contributed by atoms with Crippen molar-refractivity contribution in [3.05, 3.63) is 0 Å². The predicted octanol–water partition coefficient (Wildman–Crippen LogP) is -8.29. The fraction of sp³-hybridized carbons (Fsp3) is 0.500. The molecule has 2 N–H and O–H groups in total. The summed E-state index contributed by atoms with van der Waals surface area (Å²) in [5.41, 5.74) is 0. The number of aliphatic carboxylic acids is 6. The molecule has 0 aliphatic rings. The van der Waals surface area contributed by atoms with Gasteiger partial charge in [-0.05, 0) is 41.5 Å². The minimum absolute atomic E-state index is 0. The number of carboxylic acids is 6. The van der Waals surface area contributed by atoms with Crippen LogP contribution in [0.1, 0.15) is 41.5 Å². The maximum absolute atomic E-state index is 8.89. The minimum atomic E-state index is -1.08. The molecule has 0 amide bonds. The second kappa shape index (κ2) is 49.9. The number of carbonyl (C=O) groups excluding carboxylic acids is 6. The van der Waals surface area contributed by atoms with Crippen LogP contribution in [0.3, 0.4) is 0 Å². The number of rotatable bonds is 0. The molecule has 13 nitrogen and oxygen atoms in total. The molecule has 0 bridgehead atoms. The van der Waals surface area contributed by atoms with Crippen molar-refractivity contribution in [1.82, 2.24) is 0 Å². The summed E-state index contributed by atoms with van der Waals surface area (Å²) in [5.74, 6) is -6.50. The van der Waals surface area contributed by atoms with Gasteiger partial charge in [-0.1, -0.05) is 0 Å². The molecule has 15 heteroatoms. The Balaban J connectivity index is -0.0000000201. The van der Waals surface area contributed by atoms with Crippen LogP contribution in [0, 0.1) is 74.6 Å². The van der Waals surface area contributed by atoms with E-state index in [0.29, 0.717) is 0 Å². The van der Waals surface area contributed by atoms with E-state index in [1.165, 1.54) is 0 Å². The van der Waals surface area contributed by atoms with Crippen LogP contribution in [0.15, 0.2) is 0 Å². The third kappa shape index (κ3) is 25900. The first kappa shape index (κ1) is 56.2. The van der Waals surface area contributed by atoms with Crippen LogP contribution in [0.4, 0.5) is 0 Å². The monoisotopic (exact) mass is 704 g/mol. The van der Waals surface area contributed by atoms with Gasteiger partial charge in [0.1, 0.15) is 0 Å². The van der Waals surface area contributed by atoms with E-state index in [-0.39, 0.29) is 80.1 Å². The van der Waals surface area contributed by atoms with E-state index in [1.807, 2.05) is 0 Å². The summed E-state index contributed by atoms with van der Waals surface area (Å²) in [6.45, 7) is 5.83. The Bertz CT molecular complexity index is 266. The van der Waals surface area contributed by atoms with Crippen LogP contribution < -0.4 is 30.6 Å². The maximum atomic E-state index is 8.89. The average Bonchev–Trinajstić information content (AvgIpc) is 2.08. The number of hydrogen-bond donors (Lipinski definition) is 0. The Hall–Kier alpha value is -0.726. The molecular weight excluding hydrogens is 687 g/mol. The number of hydrogen-bond acceptors (Lipinski definition) is 12. The van der Waals surface area contributed by atoms with Crippen molar-refractivity contribution in [3.8, 4) is 0 Å². The summed E-state index contributed by atoms with van der Waals surface area (Å²) in [5, 5.41) is 53.3. The molecular formula is C12H20Er2O13. The van der Waals surface area contributed by atoms with Crippen LogP contribution in [0.25, 0.3) is 0 Å². The predicted molar refractivity (Wildman–Crippen MR) is 67.7 cm³/mol. The van der Waals surface area contributed by atoms with Crippen molar-refractivity contribution in [2.24, 2.45) is 0 Å². The Morgan fingerprint density at radius 1 is 0.370 bits per heavy atom. The summed E-state index contributed by atoms with van der Waals surface area (Å²) in [4.78, 5) is 53.3. The van der Waals surface area contributed by atoms with Crippen LogP contribution >= 0.6 is 0 Å². The van der Waals surface area contributed by atoms with Gasteiger partial charge in [-0.15, -0.1) is 0 Å². The van der Waals surface area contributed by atoms with Gasteiger partial charge in [0.05, 0.1) is 0 Å². The van der Waals surface area contributed by atoms with E-state index >= 15 is 0 Å². The largest absolute Gasteiger partial charge is 3.00 e. The molecule has 0 saturated carbocycles. The number of carbonyl (C=O) groups is 6. The van der Waals surface area contributed by atoms with Crippen LogP contribution in [-0.2, 0) is 28.8 Å². The fourth-order valence-corrected chi connectivity index (χ4v) is 0. The third-order valence-corrected chi connectivity index (χ3v) is 0. The second-order valence-electron chi connectivity index (χ2n) is 2.95. The van der Waals surface area contributed by atoms with E-state index in [0.717, 1.165) is 41.5 Å². The molecule has 0 fully saturated rings. The summed E-state index contributed by atoms with van der Waals surface area (Å²) < 4.78 is 0. The average molecular weight is 707 g/mol. The Kier molecular flexibility index (Phi) is 104. The first-order valence-electron chi connectivity index (χ1n) is 5.45. The molecule has 0 unspecified atom stereocenters. The fourth-order valence-electron chi connectivity index (χ4n) is 0. The molecule has 0 rings (SSSR count). The Morgan fingerprint density at radius 3 is 0.370 bits per heavy atom. The van der Waals surface area contributed by atoms with Crippen LogP contribution in [-0.4, -0.2) is 41.3 Å². The molecule has 0 aromatic heterocycles. The topological polar surface area (TPSA) is 272 Å². The zero-order chi connectivity index (χ0) is 21.5. The molecule has 0 aromatic carbocycles. The molecule has 27 heavy (non-hydrogen) atoms. The van der Waals surface area contributed by atoms with Crippen molar-refractivity contribution in [3.63, 3.8) is 0 Å². The van der Waals surface area contributed by atoms with Crippen molar-refractivity contribution >= 4 is 35.8 Å². The quantitative estimate of drug-likeness (QED) is 0.227. The molecule has 0 aliphatic carbocycles. The molecule has 0 aromatic rings. The van der Waals surface area contributed by atoms with Gasteiger partial charge in [-0.2, -0.15) is 0 Å². The normalized spacial score (nSPS) is 5.56. The van der Waals surface area contributed by atoms with Crippen molar-refractivity contribution < 1.29 is 139 Å². The first-order chi connectivity index (χ1) is 10.4. The minimum Gasteiger partial charge on any atom is -0.550 e. The van der Waals surface area contributed by atoms with Crippen molar-refractivity contribution in [1.29, 1.82) is 0 Å². The van der Waals surface area contributed by atoms with Gasteiger partial charge in [0.2, 0.25) is 0 Å². The SMILES string of the molecule is CC(=O)[O-].CC(=O)[O-].CC(=O)[O-].CC(=O)[O-].CC(=O)[O-].CC(=O)[O-].O.[Er+3].[Er+3]. The first-order valence-corrected chi connectivity index (χ1v) is 5.45. The van der Waals surface area contributed by atoms with E-state index in [2.05, 4.69) is 0 Å². The van der Waals surface area contributed by atoms with E-state index in [1.54, 1.807) is 0 Å². The van der Waals surface area contributed by atoms with Gasteiger partial charge in [-0.3, -0.25) is 0 Å². The number of carboxylic acid groups (broad SMARTS) is 6. The molecule has 170 valence electrons. The standard InChI is InChI=1S/6C2H4O2.2Er.H2O/c6*1-2(3)4;;;/h6*1H3,(H,3,4);;;1H2/q;;;;;;2*+3;/p-6. The molecule has 0 aliphatic heterocycles. The van der Waals surface area contributed by atoms with E-state index < -0.39 is 35.8 Å². The molecule has 2 radical (unpaired) electrons. The Labute approximate surface area is 214 Å². The summed E-state index contributed by atoms with van der Waals surface area (Å²) in [7, 11) is 0. The van der Waals surface area contributed by atoms with E-state index in [4.69, 9.17) is 59.4 Å². The van der Waals surface area contributed by atoms with Gasteiger partial charge in [-0.25, -0.2) is 0 Å². The smallest absolute Gasteiger partial charge is 0.550 e. The summed E-state index contributed by atoms with van der Waals surface area (Å²) in [6.07, 6.45) is 0. The summed E-state index contributed by atoms with van der Waals surface area (Å²) in [6, 6.07) is 0. The third-order valence-electron chi connectivity index (χ3n) is 0.